The van der Waals surface area contributed by atoms with Crippen molar-refractivity contribution in [1.29, 1.82) is 0 Å². The second kappa shape index (κ2) is 6.65. The summed E-state index contributed by atoms with van der Waals surface area (Å²) in [6.07, 6.45) is 0. The highest BCUT2D eigenvalue weighted by Gasteiger charge is 2.24. The summed E-state index contributed by atoms with van der Waals surface area (Å²) in [7, 11) is 0. The highest BCUT2D eigenvalue weighted by molar-refractivity contribution is 6.30. The largest absolute Gasteiger partial charge is 0.437 e. The third-order valence-electron chi connectivity index (χ3n) is 5.19. The Balaban J connectivity index is 1.67. The van der Waals surface area contributed by atoms with Gasteiger partial charge < -0.3 is 4.74 Å². The minimum atomic E-state index is 0.519. The molecular weight excluding hydrogens is 394 g/mol. The molecule has 0 saturated carbocycles. The van der Waals surface area contributed by atoms with Crippen LogP contribution in [0.15, 0.2) is 84.9 Å². The van der Waals surface area contributed by atoms with E-state index in [0.29, 0.717) is 22.4 Å². The second-order valence-electron chi connectivity index (χ2n) is 7.08. The number of rotatable bonds is 2. The average molecular weight is 408 g/mol. The maximum absolute atomic E-state index is 6.16. The fourth-order valence-electron chi connectivity index (χ4n) is 3.75. The van der Waals surface area contributed by atoms with Crippen LogP contribution in [-0.4, -0.2) is 15.0 Å². The van der Waals surface area contributed by atoms with E-state index in [1.54, 1.807) is 0 Å². The van der Waals surface area contributed by atoms with Gasteiger partial charge in [0.05, 0.1) is 11.1 Å². The smallest absolute Gasteiger partial charge is 0.233 e. The molecule has 0 aliphatic carbocycles. The van der Waals surface area contributed by atoms with E-state index in [-0.39, 0.29) is 0 Å². The molecule has 4 nitrogen and oxygen atoms in total. The van der Waals surface area contributed by atoms with E-state index in [1.807, 2.05) is 72.8 Å². The molecule has 0 N–H and O–H groups in total. The quantitative estimate of drug-likeness (QED) is 0.317. The van der Waals surface area contributed by atoms with Gasteiger partial charge in [0.25, 0.3) is 0 Å². The first kappa shape index (κ1) is 17.1. The molecule has 5 aromatic rings. The summed E-state index contributed by atoms with van der Waals surface area (Å²) in [6.45, 7) is 0. The number of ether oxygens (including phenoxy) is 1. The zero-order valence-corrected chi connectivity index (χ0v) is 16.5. The van der Waals surface area contributed by atoms with Crippen molar-refractivity contribution in [2.45, 2.75) is 0 Å². The van der Waals surface area contributed by atoms with Gasteiger partial charge in [0, 0.05) is 27.3 Å². The molecule has 1 aliphatic heterocycles. The van der Waals surface area contributed by atoms with E-state index in [1.165, 1.54) is 0 Å². The van der Waals surface area contributed by atoms with Gasteiger partial charge in [-0.1, -0.05) is 60.1 Å². The van der Waals surface area contributed by atoms with E-state index in [4.69, 9.17) is 31.3 Å². The zero-order valence-electron chi connectivity index (χ0n) is 15.7. The van der Waals surface area contributed by atoms with Crippen molar-refractivity contribution in [3.63, 3.8) is 0 Å². The maximum atomic E-state index is 6.16. The van der Waals surface area contributed by atoms with Crippen LogP contribution in [0.4, 0.5) is 0 Å². The summed E-state index contributed by atoms with van der Waals surface area (Å²) in [5.74, 6) is 1.85. The summed E-state index contributed by atoms with van der Waals surface area (Å²) in [5.41, 5.74) is 5.40. The molecular formula is C25H14ClN3O. The standard InChI is InChI=1S/C25H14ClN3O/c26-17-12-10-16(11-13-17)23-28-24-22-19(14-20(27-24)15-6-2-1-3-7-15)18-8-4-5-9-21(18)30-25(22)29-23/h1-14H. The van der Waals surface area contributed by atoms with Gasteiger partial charge in [-0.25, -0.2) is 9.97 Å². The molecule has 3 heterocycles. The van der Waals surface area contributed by atoms with Gasteiger partial charge in [0.1, 0.15) is 5.75 Å². The van der Waals surface area contributed by atoms with E-state index < -0.39 is 0 Å². The van der Waals surface area contributed by atoms with Crippen molar-refractivity contribution in [2.75, 3.05) is 0 Å². The van der Waals surface area contributed by atoms with Crippen LogP contribution in [0.5, 0.6) is 11.6 Å². The van der Waals surface area contributed by atoms with E-state index >= 15 is 0 Å². The number of benzene rings is 3. The lowest BCUT2D eigenvalue weighted by molar-refractivity contribution is 0.467. The van der Waals surface area contributed by atoms with Crippen LogP contribution in [0.3, 0.4) is 0 Å². The van der Waals surface area contributed by atoms with Gasteiger partial charge in [0.2, 0.25) is 5.88 Å². The SMILES string of the molecule is Clc1ccc(-c2nc3c4c(cc(-c5ccccc5)nc4n2)-c2ccccc2O3)cc1. The lowest BCUT2D eigenvalue weighted by Crippen LogP contribution is -2.04. The predicted octanol–water partition coefficient (Wildman–Crippen LogP) is 6.78. The predicted molar refractivity (Wildman–Crippen MR) is 119 cm³/mol. The van der Waals surface area contributed by atoms with Gasteiger partial charge in [-0.05, 0) is 36.4 Å². The highest BCUT2D eigenvalue weighted by atomic mass is 35.5. The van der Waals surface area contributed by atoms with Crippen molar-refractivity contribution in [3.8, 4) is 45.4 Å². The van der Waals surface area contributed by atoms with E-state index in [9.17, 15) is 0 Å². The van der Waals surface area contributed by atoms with Crippen molar-refractivity contribution in [2.24, 2.45) is 0 Å². The molecule has 1 aliphatic rings. The Kier molecular flexibility index (Phi) is 3.79. The number of halogens is 1. The molecule has 0 atom stereocenters. The molecule has 30 heavy (non-hydrogen) atoms. The minimum Gasteiger partial charge on any atom is -0.437 e. The number of hydrogen-bond donors (Lipinski definition) is 0. The lowest BCUT2D eigenvalue weighted by atomic mass is 9.97. The van der Waals surface area contributed by atoms with E-state index in [2.05, 4.69) is 12.1 Å². The number of hydrogen-bond acceptors (Lipinski definition) is 4. The summed E-state index contributed by atoms with van der Waals surface area (Å²) < 4.78 is 6.16. The summed E-state index contributed by atoms with van der Waals surface area (Å²) in [4.78, 5) is 14.4. The minimum absolute atomic E-state index is 0.519. The molecule has 0 fully saturated rings. The number of aromatic nitrogens is 3. The van der Waals surface area contributed by atoms with Crippen molar-refractivity contribution < 1.29 is 4.74 Å². The molecule has 0 unspecified atom stereocenters. The van der Waals surface area contributed by atoms with Crippen LogP contribution in [0.2, 0.25) is 5.02 Å². The number of pyridine rings is 1. The molecule has 0 amide bonds. The topological polar surface area (TPSA) is 47.9 Å². The van der Waals surface area contributed by atoms with E-state index in [0.717, 1.165) is 39.1 Å². The number of fused-ring (bicyclic) bond motifs is 2. The fraction of sp³-hybridized carbons (Fsp3) is 0. The zero-order chi connectivity index (χ0) is 20.1. The Hall–Kier alpha value is -3.76. The Morgan fingerprint density at radius 2 is 1.43 bits per heavy atom. The van der Waals surface area contributed by atoms with Crippen molar-refractivity contribution >= 4 is 22.6 Å². The second-order valence-corrected chi connectivity index (χ2v) is 7.51. The molecule has 0 bridgehead atoms. The molecule has 0 radical (unpaired) electrons. The summed E-state index contributed by atoms with van der Waals surface area (Å²) in [5, 5.41) is 1.49. The van der Waals surface area contributed by atoms with Crippen molar-refractivity contribution in [1.82, 2.24) is 15.0 Å². The monoisotopic (exact) mass is 407 g/mol. The van der Waals surface area contributed by atoms with Crippen molar-refractivity contribution in [3.05, 3.63) is 90.0 Å². The van der Waals surface area contributed by atoms with Gasteiger partial charge in [-0.3, -0.25) is 0 Å². The summed E-state index contributed by atoms with van der Waals surface area (Å²) >= 11 is 6.05. The van der Waals surface area contributed by atoms with Crippen LogP contribution >= 0.6 is 11.6 Å². The Bertz CT molecular complexity index is 1420. The van der Waals surface area contributed by atoms with Gasteiger partial charge >= 0.3 is 0 Å². The Morgan fingerprint density at radius 1 is 0.667 bits per heavy atom. The molecule has 3 aromatic carbocycles. The lowest BCUT2D eigenvalue weighted by Gasteiger charge is -2.21. The van der Waals surface area contributed by atoms with Crippen LogP contribution < -0.4 is 4.74 Å². The summed E-state index contributed by atoms with van der Waals surface area (Å²) in [6, 6.07) is 27.6. The molecule has 142 valence electrons. The highest BCUT2D eigenvalue weighted by Crippen LogP contribution is 2.46. The Labute approximate surface area is 177 Å². The van der Waals surface area contributed by atoms with Crippen LogP contribution in [0.1, 0.15) is 0 Å². The normalized spacial score (nSPS) is 11.8. The third kappa shape index (κ3) is 2.73. The van der Waals surface area contributed by atoms with Gasteiger partial charge in [-0.15, -0.1) is 0 Å². The van der Waals surface area contributed by atoms with Crippen LogP contribution in [-0.2, 0) is 0 Å². The Morgan fingerprint density at radius 3 is 2.27 bits per heavy atom. The van der Waals surface area contributed by atoms with Gasteiger partial charge in [-0.2, -0.15) is 4.98 Å². The number of para-hydroxylation sites is 1. The average Bonchev–Trinajstić information content (AvgIpc) is 2.80. The first-order valence-corrected chi connectivity index (χ1v) is 9.95. The fourth-order valence-corrected chi connectivity index (χ4v) is 3.88. The molecule has 0 saturated heterocycles. The molecule has 0 spiro atoms. The first-order chi connectivity index (χ1) is 14.8. The molecule has 5 heteroatoms. The van der Waals surface area contributed by atoms with Crippen LogP contribution in [0, 0.1) is 0 Å². The maximum Gasteiger partial charge on any atom is 0.233 e. The van der Waals surface area contributed by atoms with Gasteiger partial charge in [0.15, 0.2) is 11.5 Å². The third-order valence-corrected chi connectivity index (χ3v) is 5.44. The number of nitrogens with zero attached hydrogens (tertiary/aromatic N) is 3. The van der Waals surface area contributed by atoms with Crippen LogP contribution in [0.25, 0.3) is 44.8 Å². The molecule has 6 rings (SSSR count). The first-order valence-electron chi connectivity index (χ1n) is 9.58. The molecule has 2 aromatic heterocycles.